The largest absolute Gasteiger partial charge is 0.329 e. The van der Waals surface area contributed by atoms with E-state index >= 15 is 0 Å². The summed E-state index contributed by atoms with van der Waals surface area (Å²) in [6, 6.07) is 0. The molecular weight excluding hydrogens is 244 g/mol. The van der Waals surface area contributed by atoms with E-state index in [9.17, 15) is 0 Å². The zero-order chi connectivity index (χ0) is 14.1. The fraction of sp³-hybridized carbons (Fsp3) is 1.00. The van der Waals surface area contributed by atoms with Gasteiger partial charge in [0.25, 0.3) is 0 Å². The molecule has 0 aromatic carbocycles. The molecule has 0 amide bonds. The first-order valence-electron chi connectivity index (χ1n) is 9.13. The van der Waals surface area contributed by atoms with Gasteiger partial charge < -0.3 is 5.73 Å². The Hall–Kier alpha value is -0.0800. The van der Waals surface area contributed by atoms with E-state index in [-0.39, 0.29) is 0 Å². The van der Waals surface area contributed by atoms with Gasteiger partial charge in [-0.2, -0.15) is 0 Å². The molecule has 1 spiro atoms. The van der Waals surface area contributed by atoms with Gasteiger partial charge in [-0.3, -0.25) is 4.90 Å². The van der Waals surface area contributed by atoms with E-state index in [0.717, 1.165) is 17.9 Å². The van der Waals surface area contributed by atoms with E-state index < -0.39 is 0 Å². The van der Waals surface area contributed by atoms with Crippen molar-refractivity contribution >= 4 is 0 Å². The number of hydrogen-bond donors (Lipinski definition) is 1. The van der Waals surface area contributed by atoms with Gasteiger partial charge in [0.2, 0.25) is 0 Å². The molecule has 2 saturated carbocycles. The smallest absolute Gasteiger partial charge is 0.0332 e. The van der Waals surface area contributed by atoms with E-state index in [4.69, 9.17) is 5.73 Å². The standard InChI is InChI=1S/C18H34N2/c1-16-5-4-13-20(14-6-16)18(15-19)11-9-17(10-12-18)7-2-3-8-17/h16H,2-15,19H2,1H3. The molecule has 1 atom stereocenters. The third-order valence-electron chi connectivity index (χ3n) is 6.97. The molecule has 0 radical (unpaired) electrons. The van der Waals surface area contributed by atoms with Gasteiger partial charge in [0.1, 0.15) is 0 Å². The second kappa shape index (κ2) is 5.96. The lowest BCUT2D eigenvalue weighted by Crippen LogP contribution is -2.57. The van der Waals surface area contributed by atoms with Gasteiger partial charge in [-0.1, -0.05) is 19.8 Å². The SMILES string of the molecule is CC1CCCN(C2(CN)CCC3(CCCC3)CC2)CC1. The molecule has 2 nitrogen and oxygen atoms in total. The first-order chi connectivity index (χ1) is 9.68. The average Bonchev–Trinajstić information content (AvgIpc) is 2.81. The number of hydrogen-bond acceptors (Lipinski definition) is 2. The van der Waals surface area contributed by atoms with Crippen LogP contribution in [0.5, 0.6) is 0 Å². The normalized spacial score (nSPS) is 34.2. The van der Waals surface area contributed by atoms with Crippen molar-refractivity contribution in [3.05, 3.63) is 0 Å². The van der Waals surface area contributed by atoms with Gasteiger partial charge in [0.15, 0.2) is 0 Å². The van der Waals surface area contributed by atoms with Crippen LogP contribution in [0.15, 0.2) is 0 Å². The second-order valence-corrected chi connectivity index (χ2v) is 8.16. The summed E-state index contributed by atoms with van der Waals surface area (Å²) in [5.41, 5.74) is 7.39. The van der Waals surface area contributed by atoms with E-state index in [2.05, 4.69) is 11.8 Å². The van der Waals surface area contributed by atoms with Gasteiger partial charge in [-0.25, -0.2) is 0 Å². The van der Waals surface area contributed by atoms with Crippen molar-refractivity contribution in [3.63, 3.8) is 0 Å². The molecule has 1 saturated heterocycles. The number of nitrogens with zero attached hydrogens (tertiary/aromatic N) is 1. The van der Waals surface area contributed by atoms with Crippen LogP contribution in [-0.2, 0) is 0 Å². The summed E-state index contributed by atoms with van der Waals surface area (Å²) in [7, 11) is 0. The first kappa shape index (κ1) is 14.8. The summed E-state index contributed by atoms with van der Waals surface area (Å²) in [6.07, 6.45) is 15.8. The van der Waals surface area contributed by atoms with Crippen LogP contribution in [0, 0.1) is 11.3 Å². The minimum absolute atomic E-state index is 0.359. The fourth-order valence-corrected chi connectivity index (χ4v) is 5.26. The van der Waals surface area contributed by atoms with Crippen LogP contribution in [0.3, 0.4) is 0 Å². The summed E-state index contributed by atoms with van der Waals surface area (Å²) in [6.45, 7) is 5.91. The van der Waals surface area contributed by atoms with Crippen molar-refractivity contribution in [2.75, 3.05) is 19.6 Å². The lowest BCUT2D eigenvalue weighted by Gasteiger charge is -2.50. The topological polar surface area (TPSA) is 29.3 Å². The molecule has 1 unspecified atom stereocenters. The number of likely N-dealkylation sites (tertiary alicyclic amines) is 1. The summed E-state index contributed by atoms with van der Waals surface area (Å²) >= 11 is 0. The molecule has 20 heavy (non-hydrogen) atoms. The number of nitrogens with two attached hydrogens (primary N) is 1. The molecular formula is C18H34N2. The molecule has 1 aliphatic heterocycles. The molecule has 2 heteroatoms. The van der Waals surface area contributed by atoms with E-state index in [0.29, 0.717) is 5.54 Å². The third-order valence-corrected chi connectivity index (χ3v) is 6.97. The third kappa shape index (κ3) is 2.78. The Bertz CT molecular complexity index is 309. The Kier molecular flexibility index (Phi) is 4.42. The predicted molar refractivity (Wildman–Crippen MR) is 85.7 cm³/mol. The molecule has 0 aromatic rings. The molecule has 2 aliphatic carbocycles. The van der Waals surface area contributed by atoms with E-state index in [1.165, 1.54) is 83.7 Å². The Labute approximate surface area is 125 Å². The van der Waals surface area contributed by atoms with Crippen LogP contribution in [0.2, 0.25) is 0 Å². The molecule has 1 heterocycles. The maximum atomic E-state index is 6.30. The Morgan fingerprint density at radius 1 is 0.900 bits per heavy atom. The van der Waals surface area contributed by atoms with Crippen molar-refractivity contribution in [1.29, 1.82) is 0 Å². The Balaban J connectivity index is 1.66. The van der Waals surface area contributed by atoms with Crippen LogP contribution in [0.4, 0.5) is 0 Å². The Morgan fingerprint density at radius 3 is 2.25 bits per heavy atom. The number of rotatable bonds is 2. The molecule has 0 bridgehead atoms. The van der Waals surface area contributed by atoms with Crippen LogP contribution >= 0.6 is 0 Å². The van der Waals surface area contributed by atoms with Crippen molar-refractivity contribution in [2.24, 2.45) is 17.1 Å². The van der Waals surface area contributed by atoms with Gasteiger partial charge in [0.05, 0.1) is 0 Å². The van der Waals surface area contributed by atoms with Gasteiger partial charge >= 0.3 is 0 Å². The lowest BCUT2D eigenvalue weighted by atomic mass is 9.66. The highest BCUT2D eigenvalue weighted by Crippen LogP contribution is 2.52. The van der Waals surface area contributed by atoms with Crippen LogP contribution in [0.25, 0.3) is 0 Å². The molecule has 3 fully saturated rings. The molecule has 3 aliphatic rings. The van der Waals surface area contributed by atoms with Crippen LogP contribution in [0.1, 0.15) is 77.6 Å². The second-order valence-electron chi connectivity index (χ2n) is 8.16. The fourth-order valence-electron chi connectivity index (χ4n) is 5.26. The molecule has 2 N–H and O–H groups in total. The molecule has 3 rings (SSSR count). The summed E-state index contributed by atoms with van der Waals surface area (Å²) < 4.78 is 0. The predicted octanol–water partition coefficient (Wildman–Crippen LogP) is 3.94. The minimum Gasteiger partial charge on any atom is -0.329 e. The van der Waals surface area contributed by atoms with Gasteiger partial charge in [0, 0.05) is 12.1 Å². The van der Waals surface area contributed by atoms with Crippen molar-refractivity contribution in [1.82, 2.24) is 4.90 Å². The first-order valence-corrected chi connectivity index (χ1v) is 9.13. The molecule has 116 valence electrons. The summed E-state index contributed by atoms with van der Waals surface area (Å²) in [5, 5.41) is 0. The van der Waals surface area contributed by atoms with Gasteiger partial charge in [-0.05, 0) is 82.2 Å². The van der Waals surface area contributed by atoms with Crippen LogP contribution in [-0.4, -0.2) is 30.1 Å². The average molecular weight is 278 g/mol. The zero-order valence-electron chi connectivity index (χ0n) is 13.5. The maximum Gasteiger partial charge on any atom is 0.0332 e. The zero-order valence-corrected chi connectivity index (χ0v) is 13.5. The van der Waals surface area contributed by atoms with Crippen molar-refractivity contribution in [2.45, 2.75) is 83.1 Å². The highest BCUT2D eigenvalue weighted by molar-refractivity contribution is 5.01. The monoisotopic (exact) mass is 278 g/mol. The maximum absolute atomic E-state index is 6.30. The summed E-state index contributed by atoms with van der Waals surface area (Å²) in [5.74, 6) is 0.916. The summed E-state index contributed by atoms with van der Waals surface area (Å²) in [4.78, 5) is 2.80. The van der Waals surface area contributed by atoms with E-state index in [1.807, 2.05) is 0 Å². The highest BCUT2D eigenvalue weighted by Gasteiger charge is 2.45. The Morgan fingerprint density at radius 2 is 1.60 bits per heavy atom. The highest BCUT2D eigenvalue weighted by atomic mass is 15.2. The van der Waals surface area contributed by atoms with Gasteiger partial charge in [-0.15, -0.1) is 0 Å². The lowest BCUT2D eigenvalue weighted by molar-refractivity contribution is 0.0153. The van der Waals surface area contributed by atoms with Crippen LogP contribution < -0.4 is 5.73 Å². The van der Waals surface area contributed by atoms with E-state index in [1.54, 1.807) is 0 Å². The molecule has 0 aromatic heterocycles. The van der Waals surface area contributed by atoms with Crippen molar-refractivity contribution in [3.8, 4) is 0 Å². The quantitative estimate of drug-likeness (QED) is 0.829. The minimum atomic E-state index is 0.359. The van der Waals surface area contributed by atoms with Crippen molar-refractivity contribution < 1.29 is 0 Å².